The van der Waals surface area contributed by atoms with Crippen molar-refractivity contribution >= 4 is 11.8 Å². The van der Waals surface area contributed by atoms with Crippen molar-refractivity contribution in [3.05, 3.63) is 48.0 Å². The zero-order chi connectivity index (χ0) is 21.8. The number of morpholine rings is 1. The highest BCUT2D eigenvalue weighted by Crippen LogP contribution is 2.29. The summed E-state index contributed by atoms with van der Waals surface area (Å²) in [4.78, 5) is 34.0. The highest BCUT2D eigenvalue weighted by molar-refractivity contribution is 5.93. The number of imidazole rings is 1. The van der Waals surface area contributed by atoms with E-state index < -0.39 is 5.60 Å². The minimum absolute atomic E-state index is 0.0940. The van der Waals surface area contributed by atoms with Gasteiger partial charge in [0.25, 0.3) is 11.8 Å². The third-order valence-corrected chi connectivity index (χ3v) is 6.07. The second-order valence-corrected chi connectivity index (χ2v) is 8.38. The Balaban J connectivity index is 1.54. The summed E-state index contributed by atoms with van der Waals surface area (Å²) in [7, 11) is 3.60. The molecule has 0 saturated carbocycles. The topological polar surface area (TPSA) is 76.9 Å². The van der Waals surface area contributed by atoms with E-state index >= 15 is 0 Å². The predicted octanol–water partition coefficient (Wildman–Crippen LogP) is 1.90. The van der Waals surface area contributed by atoms with Crippen LogP contribution in [0.1, 0.15) is 35.3 Å². The maximum atomic E-state index is 13.5. The standard InChI is InChI=1S/C23H30N4O4/c1-25-15-19(24-17-25)21(28)27-12-14-31-23(16-27)10-6-5-8-18-7-3-4-9-20(18)30-13-11-26(2)22(23)29/h3-4,7,9,15,17H,5-6,8,10-14,16H2,1-2H3. The van der Waals surface area contributed by atoms with Gasteiger partial charge in [0.05, 0.1) is 26.0 Å². The lowest BCUT2D eigenvalue weighted by atomic mass is 9.91. The molecule has 1 atom stereocenters. The second-order valence-electron chi connectivity index (χ2n) is 8.38. The minimum Gasteiger partial charge on any atom is -0.491 e. The number of hydrogen-bond donors (Lipinski definition) is 0. The maximum Gasteiger partial charge on any atom is 0.274 e. The highest BCUT2D eigenvalue weighted by atomic mass is 16.5. The molecule has 1 saturated heterocycles. The molecule has 8 nitrogen and oxygen atoms in total. The normalized spacial score (nSPS) is 23.0. The van der Waals surface area contributed by atoms with Crippen LogP contribution in [0.2, 0.25) is 0 Å². The van der Waals surface area contributed by atoms with Crippen molar-refractivity contribution in [2.45, 2.75) is 31.3 Å². The van der Waals surface area contributed by atoms with Gasteiger partial charge < -0.3 is 23.8 Å². The summed E-state index contributed by atoms with van der Waals surface area (Å²) in [6.07, 6.45) is 6.50. The number of amides is 2. The number of nitrogens with zero attached hydrogens (tertiary/aromatic N) is 4. The Morgan fingerprint density at radius 2 is 1.97 bits per heavy atom. The van der Waals surface area contributed by atoms with Gasteiger partial charge in [-0.25, -0.2) is 4.98 Å². The van der Waals surface area contributed by atoms with Crippen molar-refractivity contribution in [2.75, 3.05) is 39.9 Å². The van der Waals surface area contributed by atoms with Gasteiger partial charge in [-0.05, 0) is 37.3 Å². The van der Waals surface area contributed by atoms with Crippen LogP contribution in [0.15, 0.2) is 36.8 Å². The Bertz CT molecular complexity index is 943. The van der Waals surface area contributed by atoms with Crippen LogP contribution >= 0.6 is 0 Å². The number of aryl methyl sites for hydroxylation is 2. The van der Waals surface area contributed by atoms with Crippen molar-refractivity contribution in [3.63, 3.8) is 0 Å². The summed E-state index contributed by atoms with van der Waals surface area (Å²) in [5.41, 5.74) is 0.539. The first-order chi connectivity index (χ1) is 15.0. The molecular formula is C23H30N4O4. The zero-order valence-corrected chi connectivity index (χ0v) is 18.2. The molecule has 1 fully saturated rings. The van der Waals surface area contributed by atoms with Gasteiger partial charge in [-0.2, -0.15) is 0 Å². The van der Waals surface area contributed by atoms with Gasteiger partial charge in [-0.1, -0.05) is 18.2 Å². The van der Waals surface area contributed by atoms with E-state index in [-0.39, 0.29) is 18.4 Å². The molecule has 31 heavy (non-hydrogen) atoms. The third kappa shape index (κ3) is 4.58. The molecule has 3 heterocycles. The fourth-order valence-electron chi connectivity index (χ4n) is 4.35. The third-order valence-electron chi connectivity index (χ3n) is 6.07. The van der Waals surface area contributed by atoms with E-state index in [1.807, 2.05) is 25.2 Å². The van der Waals surface area contributed by atoms with E-state index in [0.717, 1.165) is 25.0 Å². The number of rotatable bonds is 1. The van der Waals surface area contributed by atoms with E-state index in [1.165, 1.54) is 5.56 Å². The summed E-state index contributed by atoms with van der Waals surface area (Å²) >= 11 is 0. The monoisotopic (exact) mass is 426 g/mol. The van der Waals surface area contributed by atoms with Crippen LogP contribution in [0.5, 0.6) is 5.75 Å². The molecule has 1 unspecified atom stereocenters. The summed E-state index contributed by atoms with van der Waals surface area (Å²) in [6.45, 7) is 1.88. The number of aromatic nitrogens is 2. The first-order valence-electron chi connectivity index (χ1n) is 10.9. The summed E-state index contributed by atoms with van der Waals surface area (Å²) in [6, 6.07) is 8.07. The van der Waals surface area contributed by atoms with Crippen LogP contribution in [0.25, 0.3) is 0 Å². The molecule has 2 aliphatic heterocycles. The molecule has 0 bridgehead atoms. The van der Waals surface area contributed by atoms with Crippen molar-refractivity contribution in [1.82, 2.24) is 19.4 Å². The Kier molecular flexibility index (Phi) is 6.27. The van der Waals surface area contributed by atoms with Gasteiger partial charge in [-0.3, -0.25) is 9.59 Å². The number of likely N-dealkylation sites (N-methyl/N-ethyl adjacent to an activating group) is 1. The van der Waals surface area contributed by atoms with Crippen molar-refractivity contribution in [1.29, 1.82) is 0 Å². The maximum absolute atomic E-state index is 13.5. The average molecular weight is 427 g/mol. The molecule has 2 amide bonds. The van der Waals surface area contributed by atoms with E-state index in [4.69, 9.17) is 9.47 Å². The number of para-hydroxylation sites is 1. The number of fused-ring (bicyclic) bond motifs is 1. The molecule has 1 aromatic carbocycles. The molecule has 0 radical (unpaired) electrons. The van der Waals surface area contributed by atoms with Crippen molar-refractivity contribution in [3.8, 4) is 5.75 Å². The summed E-state index contributed by atoms with van der Waals surface area (Å²) < 4.78 is 13.8. The molecule has 0 N–H and O–H groups in total. The van der Waals surface area contributed by atoms with Gasteiger partial charge in [-0.15, -0.1) is 0 Å². The van der Waals surface area contributed by atoms with E-state index in [0.29, 0.717) is 38.4 Å². The lowest BCUT2D eigenvalue weighted by Gasteiger charge is -2.43. The Labute approximate surface area is 182 Å². The fourth-order valence-corrected chi connectivity index (χ4v) is 4.35. The van der Waals surface area contributed by atoms with Gasteiger partial charge >= 0.3 is 0 Å². The largest absolute Gasteiger partial charge is 0.491 e. The molecule has 1 spiro atoms. The van der Waals surface area contributed by atoms with Crippen LogP contribution in [0.4, 0.5) is 0 Å². The molecule has 166 valence electrons. The summed E-state index contributed by atoms with van der Waals surface area (Å²) in [5, 5.41) is 0. The molecule has 2 aliphatic rings. The van der Waals surface area contributed by atoms with Crippen LogP contribution in [-0.2, 0) is 23.0 Å². The smallest absolute Gasteiger partial charge is 0.274 e. The molecule has 8 heteroatoms. The SMILES string of the molecule is CN1CCOc2ccccc2CCCCC2(CN(C(=O)c3cn(C)cn3)CCO2)C1=O. The Hall–Kier alpha value is -2.87. The fraction of sp³-hybridized carbons (Fsp3) is 0.522. The lowest BCUT2D eigenvalue weighted by Crippen LogP contribution is -2.61. The predicted molar refractivity (Wildman–Crippen MR) is 115 cm³/mol. The van der Waals surface area contributed by atoms with Crippen LogP contribution < -0.4 is 4.74 Å². The number of carbonyl (C=O) groups excluding carboxylic acids is 2. The molecule has 1 aromatic heterocycles. The first-order valence-corrected chi connectivity index (χ1v) is 10.9. The van der Waals surface area contributed by atoms with Gasteiger partial charge in [0.2, 0.25) is 0 Å². The van der Waals surface area contributed by atoms with Crippen molar-refractivity contribution < 1.29 is 19.1 Å². The average Bonchev–Trinajstić information content (AvgIpc) is 3.22. The quantitative estimate of drug-likeness (QED) is 0.696. The Morgan fingerprint density at radius 3 is 2.77 bits per heavy atom. The highest BCUT2D eigenvalue weighted by Gasteiger charge is 2.46. The number of hydrogen-bond acceptors (Lipinski definition) is 5. The first kappa shape index (κ1) is 21.4. The number of ether oxygens (including phenoxy) is 2. The van der Waals surface area contributed by atoms with Crippen LogP contribution in [-0.4, -0.2) is 76.7 Å². The number of benzene rings is 1. The summed E-state index contributed by atoms with van der Waals surface area (Å²) in [5.74, 6) is 0.630. The minimum atomic E-state index is -1.03. The van der Waals surface area contributed by atoms with Gasteiger partial charge in [0, 0.05) is 26.8 Å². The van der Waals surface area contributed by atoms with E-state index in [1.54, 1.807) is 33.9 Å². The lowest BCUT2D eigenvalue weighted by molar-refractivity contribution is -0.169. The molecule has 2 aromatic rings. The van der Waals surface area contributed by atoms with Crippen LogP contribution in [0.3, 0.4) is 0 Å². The molecular weight excluding hydrogens is 396 g/mol. The number of carbonyl (C=O) groups is 2. The van der Waals surface area contributed by atoms with Gasteiger partial charge in [0.1, 0.15) is 18.1 Å². The van der Waals surface area contributed by atoms with Crippen LogP contribution in [0, 0.1) is 0 Å². The molecule has 0 aliphatic carbocycles. The van der Waals surface area contributed by atoms with E-state index in [9.17, 15) is 9.59 Å². The van der Waals surface area contributed by atoms with Gasteiger partial charge in [0.15, 0.2) is 5.60 Å². The Morgan fingerprint density at radius 1 is 1.13 bits per heavy atom. The van der Waals surface area contributed by atoms with E-state index in [2.05, 4.69) is 11.1 Å². The van der Waals surface area contributed by atoms with Crippen molar-refractivity contribution in [2.24, 2.45) is 7.05 Å². The zero-order valence-electron chi connectivity index (χ0n) is 18.2. The molecule has 4 rings (SSSR count). The second kappa shape index (κ2) is 9.09.